The number of carbonyl (C=O) groups excluding carboxylic acids is 1. The van der Waals surface area contributed by atoms with Gasteiger partial charge in [-0.25, -0.2) is 4.79 Å². The van der Waals surface area contributed by atoms with Crippen LogP contribution in [0.5, 0.6) is 0 Å². The largest absolute Gasteiger partial charge is 0.335 e. The second-order valence-electron chi connectivity index (χ2n) is 5.70. The van der Waals surface area contributed by atoms with Gasteiger partial charge in [0.2, 0.25) is 0 Å². The molecule has 3 heteroatoms. The van der Waals surface area contributed by atoms with Crippen molar-refractivity contribution in [2.24, 2.45) is 5.41 Å². The van der Waals surface area contributed by atoms with Gasteiger partial charge in [0, 0.05) is 12.1 Å². The maximum absolute atomic E-state index is 11.6. The number of amides is 2. The third-order valence-electron chi connectivity index (χ3n) is 3.76. The van der Waals surface area contributed by atoms with Gasteiger partial charge in [0.05, 0.1) is 0 Å². The van der Waals surface area contributed by atoms with Crippen LogP contribution >= 0.6 is 0 Å². The molecule has 0 aromatic rings. The molecule has 0 spiro atoms. The summed E-state index contributed by atoms with van der Waals surface area (Å²) in [4.78, 5) is 11.6. The minimum Gasteiger partial charge on any atom is -0.335 e. The standard InChI is InChI=1S/C12H22N2O/c1-12(2)8-10(12)14-11(15)13-9-6-4-3-5-7-9/h9-10H,3-8H2,1-2H3,(H2,13,14,15). The molecular formula is C12H22N2O. The van der Waals surface area contributed by atoms with Gasteiger partial charge in [-0.1, -0.05) is 33.1 Å². The van der Waals surface area contributed by atoms with Crippen molar-refractivity contribution >= 4 is 6.03 Å². The van der Waals surface area contributed by atoms with E-state index in [1.54, 1.807) is 0 Å². The highest BCUT2D eigenvalue weighted by molar-refractivity contribution is 5.75. The Morgan fingerprint density at radius 1 is 1.13 bits per heavy atom. The molecule has 0 aromatic heterocycles. The quantitative estimate of drug-likeness (QED) is 0.722. The molecule has 0 saturated heterocycles. The first-order valence-corrected chi connectivity index (χ1v) is 6.15. The van der Waals surface area contributed by atoms with Gasteiger partial charge in [0.1, 0.15) is 0 Å². The maximum Gasteiger partial charge on any atom is 0.315 e. The van der Waals surface area contributed by atoms with Crippen LogP contribution in [0.3, 0.4) is 0 Å². The zero-order valence-electron chi connectivity index (χ0n) is 9.81. The van der Waals surface area contributed by atoms with E-state index in [-0.39, 0.29) is 6.03 Å². The Morgan fingerprint density at radius 3 is 2.27 bits per heavy atom. The van der Waals surface area contributed by atoms with E-state index < -0.39 is 0 Å². The van der Waals surface area contributed by atoms with Crippen LogP contribution in [-0.2, 0) is 0 Å². The second-order valence-corrected chi connectivity index (χ2v) is 5.70. The van der Waals surface area contributed by atoms with E-state index in [1.165, 1.54) is 19.3 Å². The van der Waals surface area contributed by atoms with Crippen molar-refractivity contribution in [1.29, 1.82) is 0 Å². The van der Waals surface area contributed by atoms with E-state index in [0.29, 0.717) is 17.5 Å². The Bertz CT molecular complexity index is 244. The lowest BCUT2D eigenvalue weighted by atomic mass is 9.96. The van der Waals surface area contributed by atoms with Crippen molar-refractivity contribution in [2.75, 3.05) is 0 Å². The van der Waals surface area contributed by atoms with Crippen LogP contribution in [0.25, 0.3) is 0 Å². The lowest BCUT2D eigenvalue weighted by Gasteiger charge is -2.23. The van der Waals surface area contributed by atoms with Crippen LogP contribution in [-0.4, -0.2) is 18.1 Å². The topological polar surface area (TPSA) is 41.1 Å². The minimum absolute atomic E-state index is 0.0393. The van der Waals surface area contributed by atoms with Crippen LogP contribution in [0.15, 0.2) is 0 Å². The first-order chi connectivity index (χ1) is 7.08. The number of carbonyl (C=O) groups is 1. The number of rotatable bonds is 2. The Hall–Kier alpha value is -0.730. The molecule has 2 aliphatic carbocycles. The highest BCUT2D eigenvalue weighted by atomic mass is 16.2. The first kappa shape index (κ1) is 10.8. The highest BCUT2D eigenvalue weighted by Crippen LogP contribution is 2.44. The number of urea groups is 1. The molecule has 0 bridgehead atoms. The molecule has 2 rings (SSSR count). The molecule has 2 N–H and O–H groups in total. The van der Waals surface area contributed by atoms with Gasteiger partial charge in [-0.15, -0.1) is 0 Å². The third-order valence-corrected chi connectivity index (χ3v) is 3.76. The normalized spacial score (nSPS) is 29.6. The van der Waals surface area contributed by atoms with Crippen molar-refractivity contribution in [1.82, 2.24) is 10.6 Å². The monoisotopic (exact) mass is 210 g/mol. The smallest absolute Gasteiger partial charge is 0.315 e. The third kappa shape index (κ3) is 2.86. The number of nitrogens with one attached hydrogen (secondary N) is 2. The van der Waals surface area contributed by atoms with E-state index in [2.05, 4.69) is 24.5 Å². The zero-order chi connectivity index (χ0) is 10.9. The van der Waals surface area contributed by atoms with Crippen molar-refractivity contribution in [2.45, 2.75) is 64.5 Å². The molecule has 86 valence electrons. The fourth-order valence-corrected chi connectivity index (χ4v) is 2.35. The second kappa shape index (κ2) is 4.03. The van der Waals surface area contributed by atoms with Gasteiger partial charge < -0.3 is 10.6 Å². The van der Waals surface area contributed by atoms with Crippen LogP contribution in [0.2, 0.25) is 0 Å². The van der Waals surface area contributed by atoms with Gasteiger partial charge in [0.15, 0.2) is 0 Å². The molecule has 1 atom stereocenters. The molecule has 3 nitrogen and oxygen atoms in total. The molecule has 0 aliphatic heterocycles. The van der Waals surface area contributed by atoms with Gasteiger partial charge in [0.25, 0.3) is 0 Å². The van der Waals surface area contributed by atoms with Crippen LogP contribution < -0.4 is 10.6 Å². The summed E-state index contributed by atoms with van der Waals surface area (Å²) in [5.74, 6) is 0. The van der Waals surface area contributed by atoms with E-state index >= 15 is 0 Å². The van der Waals surface area contributed by atoms with Crippen molar-refractivity contribution in [3.63, 3.8) is 0 Å². The Morgan fingerprint density at radius 2 is 1.73 bits per heavy atom. The summed E-state index contributed by atoms with van der Waals surface area (Å²) in [7, 11) is 0. The van der Waals surface area contributed by atoms with Gasteiger partial charge in [-0.05, 0) is 24.7 Å². The SMILES string of the molecule is CC1(C)CC1NC(=O)NC1CCCCC1. The Kier molecular flexibility index (Phi) is 2.89. The zero-order valence-corrected chi connectivity index (χ0v) is 9.81. The molecule has 1 unspecified atom stereocenters. The summed E-state index contributed by atoms with van der Waals surface area (Å²) >= 11 is 0. The predicted molar refractivity (Wildman–Crippen MR) is 60.7 cm³/mol. The van der Waals surface area contributed by atoms with E-state index in [1.807, 2.05) is 0 Å². The molecule has 15 heavy (non-hydrogen) atoms. The Balaban J connectivity index is 1.68. The summed E-state index contributed by atoms with van der Waals surface area (Å²) in [6.45, 7) is 4.39. The lowest BCUT2D eigenvalue weighted by Crippen LogP contribution is -2.44. The summed E-state index contributed by atoms with van der Waals surface area (Å²) in [5, 5.41) is 6.12. The van der Waals surface area contributed by atoms with Gasteiger partial charge >= 0.3 is 6.03 Å². The molecule has 0 radical (unpaired) electrons. The number of hydrogen-bond donors (Lipinski definition) is 2. The van der Waals surface area contributed by atoms with Crippen molar-refractivity contribution in [3.8, 4) is 0 Å². The first-order valence-electron chi connectivity index (χ1n) is 6.15. The van der Waals surface area contributed by atoms with Gasteiger partial charge in [-0.2, -0.15) is 0 Å². The van der Waals surface area contributed by atoms with Gasteiger partial charge in [-0.3, -0.25) is 0 Å². The van der Waals surface area contributed by atoms with E-state index in [9.17, 15) is 4.79 Å². The molecule has 2 amide bonds. The predicted octanol–water partition coefficient (Wildman–Crippen LogP) is 2.42. The van der Waals surface area contributed by atoms with E-state index in [0.717, 1.165) is 19.3 Å². The molecule has 0 heterocycles. The fourth-order valence-electron chi connectivity index (χ4n) is 2.35. The highest BCUT2D eigenvalue weighted by Gasteiger charge is 2.46. The van der Waals surface area contributed by atoms with Crippen LogP contribution in [0.1, 0.15) is 52.4 Å². The van der Waals surface area contributed by atoms with Crippen LogP contribution in [0, 0.1) is 5.41 Å². The fraction of sp³-hybridized carbons (Fsp3) is 0.917. The van der Waals surface area contributed by atoms with Crippen molar-refractivity contribution < 1.29 is 4.79 Å². The average molecular weight is 210 g/mol. The Labute approximate surface area is 92.0 Å². The van der Waals surface area contributed by atoms with Crippen molar-refractivity contribution in [3.05, 3.63) is 0 Å². The lowest BCUT2D eigenvalue weighted by molar-refractivity contribution is 0.231. The molecule has 2 fully saturated rings. The molecule has 2 saturated carbocycles. The summed E-state index contributed by atoms with van der Waals surface area (Å²) < 4.78 is 0. The van der Waals surface area contributed by atoms with E-state index in [4.69, 9.17) is 0 Å². The summed E-state index contributed by atoms with van der Waals surface area (Å²) in [5.41, 5.74) is 0.323. The van der Waals surface area contributed by atoms with Crippen LogP contribution in [0.4, 0.5) is 4.79 Å². The molecular weight excluding hydrogens is 188 g/mol. The summed E-state index contributed by atoms with van der Waals surface area (Å²) in [6.07, 6.45) is 7.28. The minimum atomic E-state index is 0.0393. The number of hydrogen-bond acceptors (Lipinski definition) is 1. The molecule has 0 aromatic carbocycles. The maximum atomic E-state index is 11.6. The molecule has 2 aliphatic rings. The average Bonchev–Trinajstić information content (AvgIpc) is 2.74. The summed E-state index contributed by atoms with van der Waals surface area (Å²) in [6, 6.07) is 0.846.